The molecule has 2 N–H and O–H groups in total. The molecular weight excluding hydrogens is 672 g/mol. The second-order valence-corrected chi connectivity index (χ2v) is 17.8. The molecule has 10 fully saturated rings. The summed E-state index contributed by atoms with van der Waals surface area (Å²) >= 11 is 0. The number of fused-ring (bicyclic) bond motifs is 6. The molecule has 0 saturated carbocycles. The van der Waals surface area contributed by atoms with Crippen molar-refractivity contribution in [2.24, 2.45) is 17.8 Å². The summed E-state index contributed by atoms with van der Waals surface area (Å²) in [5, 5.41) is 20.1. The van der Waals surface area contributed by atoms with E-state index in [0.29, 0.717) is 18.8 Å². The topological polar surface area (TPSA) is 141 Å². The molecule has 1 spiro atoms. The molecule has 10 heterocycles. The Hall–Kier alpha value is -1.03. The van der Waals surface area contributed by atoms with E-state index in [1.54, 1.807) is 7.11 Å². The number of methoxy groups -OCH3 is 1. The van der Waals surface area contributed by atoms with Gasteiger partial charge >= 0.3 is 0 Å². The standard InChI is InChI=1S/C40H60O12/c1-19-11-24-5-7-28-20(2)12-26(45-28)9-10-40-17-33-36(51-40)37-38(50-33)39(52-40)35-29(49-37)8-6-25(47-35)13-22(42)14-27-31(16-30(46-24)21(19)3)48-32(34(27)44-4)15-23(43)18-41/h19-20,23-39,41,43H,3,5-18H2,1-2,4H3/t19-,20?,23?,24+,25?,26?,27?,28+,29?,30?,31+,32?,33-,34-,35+,36?,37+,38?,39?,40+/m1/s1. The lowest BCUT2D eigenvalue weighted by atomic mass is 9.81. The van der Waals surface area contributed by atoms with Gasteiger partial charge in [0, 0.05) is 51.6 Å². The van der Waals surface area contributed by atoms with Crippen molar-refractivity contribution in [3.8, 4) is 0 Å². The van der Waals surface area contributed by atoms with Gasteiger partial charge in [0.05, 0.1) is 73.8 Å². The van der Waals surface area contributed by atoms with Crippen molar-refractivity contribution < 1.29 is 57.6 Å². The Morgan fingerprint density at radius 2 is 1.54 bits per heavy atom. The summed E-state index contributed by atoms with van der Waals surface area (Å²) in [5.74, 6) is -0.190. The smallest absolute Gasteiger partial charge is 0.172 e. The predicted molar refractivity (Wildman–Crippen MR) is 184 cm³/mol. The zero-order valence-corrected chi connectivity index (χ0v) is 31.1. The summed E-state index contributed by atoms with van der Waals surface area (Å²) in [6.45, 7) is 8.63. The first-order valence-corrected chi connectivity index (χ1v) is 20.4. The zero-order valence-electron chi connectivity index (χ0n) is 31.1. The Morgan fingerprint density at radius 1 is 0.788 bits per heavy atom. The maximum Gasteiger partial charge on any atom is 0.172 e. The lowest BCUT2D eigenvalue weighted by Gasteiger charge is -2.47. The molecule has 292 valence electrons. The third kappa shape index (κ3) is 6.67. The van der Waals surface area contributed by atoms with Crippen LogP contribution in [0.15, 0.2) is 12.2 Å². The number of hydrogen-bond donors (Lipinski definition) is 2. The van der Waals surface area contributed by atoms with Gasteiger partial charge in [0.2, 0.25) is 0 Å². The number of carbonyl (C=O) groups is 1. The van der Waals surface area contributed by atoms with Gasteiger partial charge in [-0.25, -0.2) is 0 Å². The molecular formula is C40H60O12. The molecule has 0 aromatic heterocycles. The van der Waals surface area contributed by atoms with Gasteiger partial charge < -0.3 is 52.8 Å². The Labute approximate surface area is 307 Å². The van der Waals surface area contributed by atoms with E-state index >= 15 is 0 Å². The SMILES string of the molecule is C=C1C2C[C@@H]3OC(CC(O)CO)[C@H](OC)C3CC(=O)CC3CCC4O[C@@H]5C6O[C@@H]7C[C@](CCC8CC(C)[C@H](CC[C@@H](C[C@H]1C)O2)O8)(OC6[C@H]4O3)OC57. The van der Waals surface area contributed by atoms with Gasteiger partial charge in [-0.15, -0.1) is 0 Å². The minimum atomic E-state index is -0.944. The molecule has 0 aromatic carbocycles. The Bertz CT molecular complexity index is 1330. The highest BCUT2D eigenvalue weighted by molar-refractivity contribution is 5.79. The second kappa shape index (κ2) is 14.5. The normalized spacial score (nSPS) is 53.8. The highest BCUT2D eigenvalue weighted by atomic mass is 16.8. The lowest BCUT2D eigenvalue weighted by molar-refractivity contribution is -0.292. The quantitative estimate of drug-likeness (QED) is 0.409. The first-order valence-electron chi connectivity index (χ1n) is 20.4. The monoisotopic (exact) mass is 732 g/mol. The maximum absolute atomic E-state index is 14.0. The maximum atomic E-state index is 14.0. The summed E-state index contributed by atoms with van der Waals surface area (Å²) in [7, 11) is 1.63. The van der Waals surface area contributed by atoms with E-state index in [1.165, 1.54) is 0 Å². The van der Waals surface area contributed by atoms with Crippen LogP contribution >= 0.6 is 0 Å². The molecule has 20 atom stereocenters. The summed E-state index contributed by atoms with van der Waals surface area (Å²) in [6.07, 6.45) is 5.10. The molecule has 0 amide bonds. The number of hydrogen-bond acceptors (Lipinski definition) is 12. The van der Waals surface area contributed by atoms with Crippen LogP contribution in [0.2, 0.25) is 0 Å². The van der Waals surface area contributed by atoms with Gasteiger partial charge in [-0.05, 0) is 62.4 Å². The molecule has 10 rings (SSSR count). The fourth-order valence-electron chi connectivity index (χ4n) is 11.6. The summed E-state index contributed by atoms with van der Waals surface area (Å²) < 4.78 is 60.1. The Kier molecular flexibility index (Phi) is 10.2. The number of aliphatic hydroxyl groups is 2. The molecule has 10 aliphatic rings. The van der Waals surface area contributed by atoms with Gasteiger partial charge in [0.25, 0.3) is 0 Å². The van der Waals surface area contributed by atoms with Crippen molar-refractivity contribution in [2.45, 2.75) is 201 Å². The van der Waals surface area contributed by atoms with Crippen molar-refractivity contribution in [3.63, 3.8) is 0 Å². The number of aliphatic hydroxyl groups excluding tert-OH is 2. The van der Waals surface area contributed by atoms with Crippen molar-refractivity contribution in [1.29, 1.82) is 0 Å². The van der Waals surface area contributed by atoms with Crippen LogP contribution in [-0.2, 0) is 47.4 Å². The van der Waals surface area contributed by atoms with E-state index in [4.69, 9.17) is 42.6 Å². The van der Waals surface area contributed by atoms with Crippen molar-refractivity contribution in [1.82, 2.24) is 0 Å². The molecule has 12 heteroatoms. The Morgan fingerprint density at radius 3 is 2.37 bits per heavy atom. The predicted octanol–water partition coefficient (Wildman–Crippen LogP) is 3.55. The summed E-state index contributed by atoms with van der Waals surface area (Å²) in [4.78, 5) is 14.0. The first kappa shape index (κ1) is 36.6. The third-order valence-corrected chi connectivity index (χ3v) is 14.3. The molecule has 12 bridgehead atoms. The molecule has 52 heavy (non-hydrogen) atoms. The van der Waals surface area contributed by atoms with Crippen LogP contribution in [0.25, 0.3) is 0 Å². The molecule has 10 saturated heterocycles. The van der Waals surface area contributed by atoms with Gasteiger partial charge in [0.15, 0.2) is 5.79 Å². The Balaban J connectivity index is 0.992. The first-order chi connectivity index (χ1) is 25.1. The van der Waals surface area contributed by atoms with Crippen molar-refractivity contribution in [2.75, 3.05) is 13.7 Å². The number of ether oxygens (including phenoxy) is 9. The molecule has 12 nitrogen and oxygen atoms in total. The van der Waals surface area contributed by atoms with E-state index in [2.05, 4.69) is 20.4 Å². The van der Waals surface area contributed by atoms with E-state index in [1.807, 2.05) is 0 Å². The highest BCUT2D eigenvalue weighted by Crippen LogP contribution is 2.54. The van der Waals surface area contributed by atoms with Crippen LogP contribution in [0.3, 0.4) is 0 Å². The van der Waals surface area contributed by atoms with Crippen molar-refractivity contribution >= 4 is 5.78 Å². The van der Waals surface area contributed by atoms with Crippen LogP contribution in [-0.4, -0.2) is 133 Å². The fourth-order valence-corrected chi connectivity index (χ4v) is 11.6. The number of carbonyl (C=O) groups excluding carboxylic acids is 1. The lowest BCUT2D eigenvalue weighted by Crippen LogP contribution is -2.61. The van der Waals surface area contributed by atoms with E-state index in [-0.39, 0.29) is 123 Å². The van der Waals surface area contributed by atoms with Crippen LogP contribution in [0.4, 0.5) is 0 Å². The minimum absolute atomic E-state index is 0.0569. The van der Waals surface area contributed by atoms with Gasteiger partial charge in [0.1, 0.15) is 36.3 Å². The molecule has 10 aliphatic heterocycles. The second-order valence-electron chi connectivity index (χ2n) is 17.8. The number of ketones is 1. The van der Waals surface area contributed by atoms with Gasteiger partial charge in [-0.2, -0.15) is 0 Å². The minimum Gasteiger partial charge on any atom is -0.394 e. The molecule has 0 radical (unpaired) electrons. The highest BCUT2D eigenvalue weighted by Gasteiger charge is 2.68. The average Bonchev–Trinajstić information content (AvgIpc) is 3.79. The van der Waals surface area contributed by atoms with Crippen molar-refractivity contribution in [3.05, 3.63) is 12.2 Å². The van der Waals surface area contributed by atoms with Gasteiger partial charge in [-0.1, -0.05) is 20.4 Å². The number of Topliss-reactive ketones (excluding diaryl/α,β-unsaturated/α-hetero) is 1. The summed E-state index contributed by atoms with van der Waals surface area (Å²) in [6, 6.07) is 0. The summed E-state index contributed by atoms with van der Waals surface area (Å²) in [5.41, 5.74) is 1.06. The average molecular weight is 733 g/mol. The molecule has 11 unspecified atom stereocenters. The van der Waals surface area contributed by atoms with Crippen LogP contribution < -0.4 is 0 Å². The van der Waals surface area contributed by atoms with Crippen LogP contribution in [0.1, 0.15) is 97.3 Å². The molecule has 0 aromatic rings. The third-order valence-electron chi connectivity index (χ3n) is 14.3. The molecule has 0 aliphatic carbocycles. The zero-order chi connectivity index (χ0) is 35.9. The van der Waals surface area contributed by atoms with Crippen LogP contribution in [0, 0.1) is 17.8 Å². The van der Waals surface area contributed by atoms with E-state index in [0.717, 1.165) is 56.9 Å². The number of rotatable bonds is 4. The van der Waals surface area contributed by atoms with E-state index in [9.17, 15) is 15.0 Å². The fraction of sp³-hybridized carbons (Fsp3) is 0.925. The van der Waals surface area contributed by atoms with Gasteiger partial charge in [-0.3, -0.25) is 4.79 Å². The van der Waals surface area contributed by atoms with Crippen LogP contribution in [0.5, 0.6) is 0 Å². The largest absolute Gasteiger partial charge is 0.394 e. The van der Waals surface area contributed by atoms with E-state index < -0.39 is 24.1 Å².